The van der Waals surface area contributed by atoms with Crippen molar-refractivity contribution in [2.45, 2.75) is 49.3 Å². The summed E-state index contributed by atoms with van der Waals surface area (Å²) < 4.78 is 6.20. The standard InChI is InChI=1S/C21H23N3O2S/c1-13-17(19(27-2)23-18(22-13)14-7-8-14)20(25)24-10-9-21(12-24)16-6-4-3-5-15(16)11-26-21/h3-6,14H,7-12H2,1-2H3. The summed E-state index contributed by atoms with van der Waals surface area (Å²) in [7, 11) is 0. The van der Waals surface area contributed by atoms with E-state index in [1.165, 1.54) is 22.9 Å². The molecule has 1 amide bonds. The van der Waals surface area contributed by atoms with Gasteiger partial charge in [-0.2, -0.15) is 0 Å². The van der Waals surface area contributed by atoms with E-state index in [1.807, 2.05) is 24.1 Å². The highest BCUT2D eigenvalue weighted by Crippen LogP contribution is 2.44. The quantitative estimate of drug-likeness (QED) is 0.600. The third-order valence-electron chi connectivity index (χ3n) is 5.95. The van der Waals surface area contributed by atoms with Gasteiger partial charge in [0.1, 0.15) is 16.5 Å². The average molecular weight is 382 g/mol. The van der Waals surface area contributed by atoms with E-state index >= 15 is 0 Å². The van der Waals surface area contributed by atoms with Gasteiger partial charge in [-0.05, 0) is 43.6 Å². The Kier molecular flexibility index (Phi) is 4.02. The van der Waals surface area contributed by atoms with Crippen LogP contribution in [0.25, 0.3) is 0 Å². The Bertz CT molecular complexity index is 928. The molecule has 0 N–H and O–H groups in total. The second-order valence-corrected chi connectivity index (χ2v) is 8.54. The molecule has 0 radical (unpaired) electrons. The van der Waals surface area contributed by atoms with Crippen molar-refractivity contribution in [3.63, 3.8) is 0 Å². The topological polar surface area (TPSA) is 55.3 Å². The normalized spacial score (nSPS) is 23.9. The van der Waals surface area contributed by atoms with Gasteiger partial charge in [0.05, 0.1) is 24.4 Å². The lowest BCUT2D eigenvalue weighted by molar-refractivity contribution is -0.0283. The van der Waals surface area contributed by atoms with Gasteiger partial charge in [0, 0.05) is 12.5 Å². The zero-order valence-corrected chi connectivity index (χ0v) is 16.5. The fourth-order valence-corrected chi connectivity index (χ4v) is 4.94. The van der Waals surface area contributed by atoms with Crippen molar-refractivity contribution in [3.8, 4) is 0 Å². The van der Waals surface area contributed by atoms with Crippen LogP contribution in [0.15, 0.2) is 29.3 Å². The van der Waals surface area contributed by atoms with Crippen molar-refractivity contribution in [2.75, 3.05) is 19.3 Å². The van der Waals surface area contributed by atoms with Crippen molar-refractivity contribution in [2.24, 2.45) is 0 Å². The van der Waals surface area contributed by atoms with Crippen LogP contribution in [0.3, 0.4) is 0 Å². The molecule has 1 saturated carbocycles. The van der Waals surface area contributed by atoms with Gasteiger partial charge in [0.2, 0.25) is 0 Å². The van der Waals surface area contributed by atoms with E-state index < -0.39 is 0 Å². The number of carbonyl (C=O) groups excluding carboxylic acids is 1. The van der Waals surface area contributed by atoms with Crippen molar-refractivity contribution in [3.05, 3.63) is 52.5 Å². The molecule has 1 saturated heterocycles. The molecule has 5 nitrogen and oxygen atoms in total. The van der Waals surface area contributed by atoms with Crippen molar-refractivity contribution < 1.29 is 9.53 Å². The third-order valence-corrected chi connectivity index (χ3v) is 6.64. The van der Waals surface area contributed by atoms with Gasteiger partial charge in [0.25, 0.3) is 5.91 Å². The maximum atomic E-state index is 13.4. The number of hydrogen-bond donors (Lipinski definition) is 0. The van der Waals surface area contributed by atoms with Gasteiger partial charge in [-0.3, -0.25) is 4.79 Å². The molecule has 1 atom stereocenters. The Balaban J connectivity index is 1.44. The first-order valence-corrected chi connectivity index (χ1v) is 10.8. The van der Waals surface area contributed by atoms with E-state index in [0.717, 1.165) is 35.8 Å². The van der Waals surface area contributed by atoms with Gasteiger partial charge in [-0.1, -0.05) is 24.3 Å². The summed E-state index contributed by atoms with van der Waals surface area (Å²) in [5, 5.41) is 0.808. The highest BCUT2D eigenvalue weighted by Gasteiger charge is 2.47. The summed E-state index contributed by atoms with van der Waals surface area (Å²) in [6.45, 7) is 3.87. The van der Waals surface area contributed by atoms with E-state index in [1.54, 1.807) is 0 Å². The molecule has 6 heteroatoms. The number of ether oxygens (including phenoxy) is 1. The smallest absolute Gasteiger partial charge is 0.258 e. The zero-order valence-electron chi connectivity index (χ0n) is 15.7. The lowest BCUT2D eigenvalue weighted by Crippen LogP contribution is -2.35. The number of thioether (sulfide) groups is 1. The minimum absolute atomic E-state index is 0.0315. The molecule has 3 aliphatic rings. The van der Waals surface area contributed by atoms with E-state index in [2.05, 4.69) is 23.2 Å². The molecule has 5 rings (SSSR count). The van der Waals surface area contributed by atoms with E-state index in [4.69, 9.17) is 9.72 Å². The lowest BCUT2D eigenvalue weighted by Gasteiger charge is -2.25. The third kappa shape index (κ3) is 2.77. The summed E-state index contributed by atoms with van der Waals surface area (Å²) in [4.78, 5) is 24.7. The molecule has 1 aromatic heterocycles. The van der Waals surface area contributed by atoms with Crippen LogP contribution in [0.4, 0.5) is 0 Å². The zero-order chi connectivity index (χ0) is 18.6. The Morgan fingerprint density at radius 1 is 1.30 bits per heavy atom. The summed E-state index contributed by atoms with van der Waals surface area (Å²) in [6.07, 6.45) is 5.14. The Morgan fingerprint density at radius 2 is 2.11 bits per heavy atom. The van der Waals surface area contributed by atoms with Crippen LogP contribution in [-0.2, 0) is 16.9 Å². The number of nitrogens with zero attached hydrogens (tertiary/aromatic N) is 3. The number of carbonyl (C=O) groups is 1. The molecule has 1 spiro atoms. The maximum absolute atomic E-state index is 13.4. The molecule has 3 heterocycles. The number of aromatic nitrogens is 2. The molecule has 2 fully saturated rings. The summed E-state index contributed by atoms with van der Waals surface area (Å²) in [6, 6.07) is 8.36. The van der Waals surface area contributed by atoms with Crippen LogP contribution in [0, 0.1) is 6.92 Å². The number of rotatable bonds is 3. The minimum atomic E-state index is -0.353. The van der Waals surface area contributed by atoms with Crippen LogP contribution in [0.2, 0.25) is 0 Å². The molecule has 0 bridgehead atoms. The SMILES string of the molecule is CSc1nc(C2CC2)nc(C)c1C(=O)N1CCC2(C1)OCc1ccccc12. The van der Waals surface area contributed by atoms with Crippen LogP contribution in [0.1, 0.15) is 58.2 Å². The number of amides is 1. The van der Waals surface area contributed by atoms with Gasteiger partial charge in [0.15, 0.2) is 0 Å². The number of aryl methyl sites for hydroxylation is 1. The van der Waals surface area contributed by atoms with Crippen molar-refractivity contribution >= 4 is 17.7 Å². The molecule has 1 aliphatic carbocycles. The van der Waals surface area contributed by atoms with Gasteiger partial charge in [-0.15, -0.1) is 11.8 Å². The first-order chi connectivity index (χ1) is 13.1. The fraction of sp³-hybridized carbons (Fsp3) is 0.476. The first kappa shape index (κ1) is 17.2. The van der Waals surface area contributed by atoms with Gasteiger partial charge < -0.3 is 9.64 Å². The largest absolute Gasteiger partial charge is 0.364 e. The average Bonchev–Trinajstić information content (AvgIpc) is 3.36. The van der Waals surface area contributed by atoms with E-state index in [-0.39, 0.29) is 11.5 Å². The highest BCUT2D eigenvalue weighted by atomic mass is 32.2. The second-order valence-electron chi connectivity index (χ2n) is 7.74. The van der Waals surface area contributed by atoms with Crippen molar-refractivity contribution in [1.82, 2.24) is 14.9 Å². The minimum Gasteiger partial charge on any atom is -0.364 e. The van der Waals surface area contributed by atoms with Gasteiger partial charge in [-0.25, -0.2) is 9.97 Å². The maximum Gasteiger partial charge on any atom is 0.258 e. The Labute approximate surface area is 163 Å². The fourth-order valence-electron chi connectivity index (χ4n) is 4.32. The second kappa shape index (κ2) is 6.31. The molecule has 2 aliphatic heterocycles. The predicted octanol–water partition coefficient (Wildman–Crippen LogP) is 3.66. The van der Waals surface area contributed by atoms with Crippen LogP contribution in [0.5, 0.6) is 0 Å². The lowest BCUT2D eigenvalue weighted by atomic mass is 9.92. The molecule has 1 unspecified atom stereocenters. The molecular formula is C21H23N3O2S. The highest BCUT2D eigenvalue weighted by molar-refractivity contribution is 7.98. The first-order valence-electron chi connectivity index (χ1n) is 9.55. The summed E-state index contributed by atoms with van der Waals surface area (Å²) in [5.74, 6) is 1.42. The number of likely N-dealkylation sites (tertiary alicyclic amines) is 1. The van der Waals surface area contributed by atoms with Crippen molar-refractivity contribution in [1.29, 1.82) is 0 Å². The molecular weight excluding hydrogens is 358 g/mol. The number of fused-ring (bicyclic) bond motifs is 2. The molecule has 27 heavy (non-hydrogen) atoms. The summed E-state index contributed by atoms with van der Waals surface area (Å²) in [5.41, 5.74) is 3.59. The van der Waals surface area contributed by atoms with E-state index in [0.29, 0.717) is 31.2 Å². The molecule has 140 valence electrons. The Morgan fingerprint density at radius 3 is 2.89 bits per heavy atom. The summed E-state index contributed by atoms with van der Waals surface area (Å²) >= 11 is 1.54. The van der Waals surface area contributed by atoms with Gasteiger partial charge >= 0.3 is 0 Å². The number of hydrogen-bond acceptors (Lipinski definition) is 5. The molecule has 1 aromatic carbocycles. The van der Waals surface area contributed by atoms with Crippen LogP contribution in [-0.4, -0.2) is 40.1 Å². The van der Waals surface area contributed by atoms with Crippen LogP contribution < -0.4 is 0 Å². The molecule has 2 aromatic rings. The van der Waals surface area contributed by atoms with E-state index in [9.17, 15) is 4.79 Å². The number of benzene rings is 1. The van der Waals surface area contributed by atoms with Crippen LogP contribution >= 0.6 is 11.8 Å². The predicted molar refractivity (Wildman–Crippen MR) is 104 cm³/mol. The Hall–Kier alpha value is -1.92. The monoisotopic (exact) mass is 381 g/mol.